The van der Waals surface area contributed by atoms with Crippen molar-refractivity contribution in [2.24, 2.45) is 0 Å². The Kier molecular flexibility index (Phi) is 6.12. The fourth-order valence-corrected chi connectivity index (χ4v) is 3.41. The molecule has 0 radical (unpaired) electrons. The number of carbonyl (C=O) groups is 1. The average Bonchev–Trinajstić information content (AvgIpc) is 3.07. The molecule has 3 aromatic rings. The Morgan fingerprint density at radius 2 is 2.04 bits per heavy atom. The van der Waals surface area contributed by atoms with E-state index >= 15 is 0 Å². The van der Waals surface area contributed by atoms with Gasteiger partial charge in [-0.05, 0) is 50.2 Å². The molecule has 136 valence electrons. The molecule has 0 fully saturated rings. The zero-order chi connectivity index (χ0) is 18.5. The maximum Gasteiger partial charge on any atom is 0.230 e. The third kappa shape index (κ3) is 4.54. The van der Waals surface area contributed by atoms with E-state index in [1.807, 2.05) is 62.4 Å². The van der Waals surface area contributed by atoms with Crippen molar-refractivity contribution in [3.63, 3.8) is 0 Å². The highest BCUT2D eigenvalue weighted by atomic mass is 35.5. The van der Waals surface area contributed by atoms with Crippen molar-refractivity contribution >= 4 is 40.2 Å². The van der Waals surface area contributed by atoms with Crippen molar-refractivity contribution < 1.29 is 13.9 Å². The summed E-state index contributed by atoms with van der Waals surface area (Å²) >= 11 is 7.33. The van der Waals surface area contributed by atoms with Crippen LogP contribution in [0.15, 0.2) is 57.8 Å². The molecule has 0 saturated carbocycles. The van der Waals surface area contributed by atoms with Gasteiger partial charge in [-0.25, -0.2) is 0 Å². The standard InChI is InChI=1S/C20H20ClNO3S/c1-3-24-17-6-4-5-14-11-18(25-20(14)17)13(2)22-19(23)12-26-16-9-7-15(21)8-10-16/h4-11,13H,3,12H2,1-2H3,(H,22,23). The highest BCUT2D eigenvalue weighted by Gasteiger charge is 2.16. The zero-order valence-electron chi connectivity index (χ0n) is 14.6. The molecule has 0 aliphatic carbocycles. The summed E-state index contributed by atoms with van der Waals surface area (Å²) in [6.45, 7) is 4.41. The molecule has 26 heavy (non-hydrogen) atoms. The van der Waals surface area contributed by atoms with Crippen LogP contribution in [-0.4, -0.2) is 18.3 Å². The zero-order valence-corrected chi connectivity index (χ0v) is 16.2. The number of hydrogen-bond acceptors (Lipinski definition) is 4. The van der Waals surface area contributed by atoms with Crippen molar-refractivity contribution in [1.29, 1.82) is 0 Å². The van der Waals surface area contributed by atoms with Gasteiger partial charge in [0.05, 0.1) is 18.4 Å². The SMILES string of the molecule is CCOc1cccc2cc(C(C)NC(=O)CSc3ccc(Cl)cc3)oc12. The number of fused-ring (bicyclic) bond motifs is 1. The molecular formula is C20H20ClNO3S. The number of halogens is 1. The van der Waals surface area contributed by atoms with Crippen LogP contribution in [0, 0.1) is 0 Å². The van der Waals surface area contributed by atoms with Crippen LogP contribution >= 0.6 is 23.4 Å². The molecule has 0 spiro atoms. The second-order valence-corrected chi connectivity index (χ2v) is 7.27. The summed E-state index contributed by atoms with van der Waals surface area (Å²) in [6.07, 6.45) is 0. The largest absolute Gasteiger partial charge is 0.490 e. The highest BCUT2D eigenvalue weighted by molar-refractivity contribution is 8.00. The first-order chi connectivity index (χ1) is 12.6. The average molecular weight is 390 g/mol. The quantitative estimate of drug-likeness (QED) is 0.545. The normalized spacial score (nSPS) is 12.1. The van der Waals surface area contributed by atoms with E-state index < -0.39 is 0 Å². The van der Waals surface area contributed by atoms with Crippen LogP contribution in [-0.2, 0) is 4.79 Å². The van der Waals surface area contributed by atoms with E-state index in [9.17, 15) is 4.79 Å². The van der Waals surface area contributed by atoms with Crippen LogP contribution < -0.4 is 10.1 Å². The minimum Gasteiger partial charge on any atom is -0.490 e. The molecule has 1 atom stereocenters. The number of ether oxygens (including phenoxy) is 1. The maximum atomic E-state index is 12.2. The van der Waals surface area contributed by atoms with Gasteiger partial charge < -0.3 is 14.5 Å². The van der Waals surface area contributed by atoms with E-state index in [2.05, 4.69) is 5.32 Å². The fraction of sp³-hybridized carbons (Fsp3) is 0.250. The molecule has 1 heterocycles. The third-order valence-corrected chi connectivity index (χ3v) is 5.08. The molecule has 3 rings (SSSR count). The van der Waals surface area contributed by atoms with Crippen LogP contribution in [0.5, 0.6) is 5.75 Å². The van der Waals surface area contributed by atoms with Crippen molar-refractivity contribution in [3.05, 3.63) is 59.3 Å². The molecule has 1 N–H and O–H groups in total. The van der Waals surface area contributed by atoms with Crippen molar-refractivity contribution in [3.8, 4) is 5.75 Å². The summed E-state index contributed by atoms with van der Waals surface area (Å²) in [6, 6.07) is 14.9. The second kappa shape index (κ2) is 8.52. The van der Waals surface area contributed by atoms with Gasteiger partial charge in [0, 0.05) is 15.3 Å². The summed E-state index contributed by atoms with van der Waals surface area (Å²) < 4.78 is 11.5. The Morgan fingerprint density at radius 3 is 2.77 bits per heavy atom. The Hall–Kier alpha value is -2.11. The number of benzene rings is 2. The minimum absolute atomic E-state index is 0.0528. The predicted molar refractivity (Wildman–Crippen MR) is 106 cm³/mol. The molecule has 0 bridgehead atoms. The maximum absolute atomic E-state index is 12.2. The van der Waals surface area contributed by atoms with Gasteiger partial charge in [-0.3, -0.25) is 4.79 Å². The summed E-state index contributed by atoms with van der Waals surface area (Å²) in [7, 11) is 0. The third-order valence-electron chi connectivity index (χ3n) is 3.81. The van der Waals surface area contributed by atoms with Gasteiger partial charge in [-0.2, -0.15) is 0 Å². The number of furan rings is 1. The van der Waals surface area contributed by atoms with E-state index in [0.29, 0.717) is 34.5 Å². The Bertz CT molecular complexity index is 892. The van der Waals surface area contributed by atoms with E-state index in [1.165, 1.54) is 11.8 Å². The number of thioether (sulfide) groups is 1. The van der Waals surface area contributed by atoms with Gasteiger partial charge >= 0.3 is 0 Å². The molecule has 1 aromatic heterocycles. The molecule has 6 heteroatoms. The van der Waals surface area contributed by atoms with Gasteiger partial charge in [0.25, 0.3) is 0 Å². The van der Waals surface area contributed by atoms with Gasteiger partial charge in [0.1, 0.15) is 5.76 Å². The lowest BCUT2D eigenvalue weighted by atomic mass is 10.2. The van der Waals surface area contributed by atoms with E-state index in [1.54, 1.807) is 0 Å². The number of nitrogens with one attached hydrogen (secondary N) is 1. The monoisotopic (exact) mass is 389 g/mol. The summed E-state index contributed by atoms with van der Waals surface area (Å²) in [5.41, 5.74) is 0.709. The minimum atomic E-state index is -0.227. The van der Waals surface area contributed by atoms with Gasteiger partial charge in [0.15, 0.2) is 11.3 Å². The van der Waals surface area contributed by atoms with Gasteiger partial charge in [-0.1, -0.05) is 23.7 Å². The number of amides is 1. The Balaban J connectivity index is 1.62. The van der Waals surface area contributed by atoms with Crippen LogP contribution in [0.2, 0.25) is 5.02 Å². The molecule has 1 amide bonds. The Morgan fingerprint density at radius 1 is 1.27 bits per heavy atom. The molecule has 4 nitrogen and oxygen atoms in total. The number of rotatable bonds is 7. The first-order valence-corrected chi connectivity index (χ1v) is 9.76. The predicted octanol–water partition coefficient (Wildman–Crippen LogP) is 5.45. The topological polar surface area (TPSA) is 51.5 Å². The fourth-order valence-electron chi connectivity index (χ4n) is 2.57. The number of carbonyl (C=O) groups excluding carboxylic acids is 1. The molecule has 2 aromatic carbocycles. The second-order valence-electron chi connectivity index (χ2n) is 5.79. The number of para-hydroxylation sites is 1. The first-order valence-electron chi connectivity index (χ1n) is 8.40. The molecule has 0 saturated heterocycles. The van der Waals surface area contributed by atoms with E-state index in [-0.39, 0.29) is 11.9 Å². The lowest BCUT2D eigenvalue weighted by Gasteiger charge is -2.11. The molecular weight excluding hydrogens is 370 g/mol. The van der Waals surface area contributed by atoms with Crippen LogP contribution in [0.25, 0.3) is 11.0 Å². The lowest BCUT2D eigenvalue weighted by Crippen LogP contribution is -2.27. The first kappa shape index (κ1) is 18.7. The highest BCUT2D eigenvalue weighted by Crippen LogP contribution is 2.31. The molecule has 1 unspecified atom stereocenters. The summed E-state index contributed by atoms with van der Waals surface area (Å²) in [5, 5.41) is 4.61. The summed E-state index contributed by atoms with van der Waals surface area (Å²) in [4.78, 5) is 13.2. The molecule has 0 aliphatic heterocycles. The van der Waals surface area contributed by atoms with Crippen LogP contribution in [0.4, 0.5) is 0 Å². The molecule has 0 aliphatic rings. The van der Waals surface area contributed by atoms with Crippen molar-refractivity contribution in [2.45, 2.75) is 24.8 Å². The van der Waals surface area contributed by atoms with Crippen LogP contribution in [0.3, 0.4) is 0 Å². The smallest absolute Gasteiger partial charge is 0.230 e. The summed E-state index contributed by atoms with van der Waals surface area (Å²) in [5.74, 6) is 1.70. The van der Waals surface area contributed by atoms with Crippen LogP contribution in [0.1, 0.15) is 25.6 Å². The van der Waals surface area contributed by atoms with Gasteiger partial charge in [-0.15, -0.1) is 11.8 Å². The van der Waals surface area contributed by atoms with E-state index in [4.69, 9.17) is 20.8 Å². The lowest BCUT2D eigenvalue weighted by molar-refractivity contribution is -0.119. The van der Waals surface area contributed by atoms with Crippen molar-refractivity contribution in [2.75, 3.05) is 12.4 Å². The van der Waals surface area contributed by atoms with Crippen molar-refractivity contribution in [1.82, 2.24) is 5.32 Å². The van der Waals surface area contributed by atoms with Gasteiger partial charge in [0.2, 0.25) is 5.91 Å². The number of hydrogen-bond donors (Lipinski definition) is 1. The Labute approximate surface area is 161 Å². The van der Waals surface area contributed by atoms with E-state index in [0.717, 1.165) is 10.3 Å².